The van der Waals surface area contributed by atoms with Gasteiger partial charge in [-0.25, -0.2) is 8.42 Å². The predicted molar refractivity (Wildman–Crippen MR) is 98.4 cm³/mol. The van der Waals surface area contributed by atoms with Gasteiger partial charge in [-0.1, -0.05) is 0 Å². The first kappa shape index (κ1) is 17.6. The Balaban J connectivity index is 1.40. The molecule has 0 spiro atoms. The second kappa shape index (κ2) is 7.43. The number of nitrogens with one attached hydrogen (secondary N) is 1. The van der Waals surface area contributed by atoms with Gasteiger partial charge in [0, 0.05) is 38.9 Å². The molecule has 142 valence electrons. The van der Waals surface area contributed by atoms with E-state index in [1.54, 1.807) is 0 Å². The molecule has 0 aromatic heterocycles. The zero-order valence-corrected chi connectivity index (χ0v) is 15.8. The molecule has 4 rings (SSSR count). The Bertz CT molecular complexity index is 597. The first-order chi connectivity index (χ1) is 12.1. The second-order valence-electron chi connectivity index (χ2n) is 8.30. The van der Waals surface area contributed by atoms with E-state index in [1.807, 2.05) is 0 Å². The maximum Gasteiger partial charge on any atom is 0.194 e. The van der Waals surface area contributed by atoms with Crippen LogP contribution in [0.5, 0.6) is 0 Å². The quantitative estimate of drug-likeness (QED) is 0.597. The summed E-state index contributed by atoms with van der Waals surface area (Å²) in [6.07, 6.45) is 6.89. The van der Waals surface area contributed by atoms with Crippen molar-refractivity contribution in [2.45, 2.75) is 44.6 Å². The third-order valence-electron chi connectivity index (χ3n) is 6.19. The molecule has 4 fully saturated rings. The van der Waals surface area contributed by atoms with Gasteiger partial charge in [0.1, 0.15) is 0 Å². The van der Waals surface area contributed by atoms with Crippen molar-refractivity contribution in [3.8, 4) is 0 Å². The van der Waals surface area contributed by atoms with Gasteiger partial charge in [0.05, 0.1) is 11.5 Å². The molecule has 1 saturated carbocycles. The maximum atomic E-state index is 11.7. The van der Waals surface area contributed by atoms with E-state index in [0.717, 1.165) is 63.4 Å². The SMILES string of the molecule is O=S1(=O)CCC(CN=C(NC2CCOCC2)N2CCC(C3CC3)C2)C1. The number of hydrogen-bond donors (Lipinski definition) is 1. The topological polar surface area (TPSA) is 71.0 Å². The number of hydrogen-bond acceptors (Lipinski definition) is 4. The van der Waals surface area contributed by atoms with Crippen molar-refractivity contribution >= 4 is 15.8 Å². The van der Waals surface area contributed by atoms with Crippen LogP contribution < -0.4 is 5.32 Å². The van der Waals surface area contributed by atoms with Crippen molar-refractivity contribution in [1.29, 1.82) is 0 Å². The maximum absolute atomic E-state index is 11.7. The molecule has 3 heterocycles. The first-order valence-corrected chi connectivity index (χ1v) is 11.8. The van der Waals surface area contributed by atoms with Crippen LogP contribution in [0.4, 0.5) is 0 Å². The van der Waals surface area contributed by atoms with E-state index in [2.05, 4.69) is 10.2 Å². The van der Waals surface area contributed by atoms with Crippen LogP contribution in [0.15, 0.2) is 4.99 Å². The lowest BCUT2D eigenvalue weighted by molar-refractivity contribution is 0.0816. The number of guanidine groups is 1. The van der Waals surface area contributed by atoms with Crippen LogP contribution >= 0.6 is 0 Å². The molecule has 1 aliphatic carbocycles. The summed E-state index contributed by atoms with van der Waals surface area (Å²) in [7, 11) is -2.82. The fourth-order valence-corrected chi connectivity index (χ4v) is 6.27. The fourth-order valence-electron chi connectivity index (χ4n) is 4.43. The molecule has 0 radical (unpaired) electrons. The van der Waals surface area contributed by atoms with E-state index in [9.17, 15) is 8.42 Å². The van der Waals surface area contributed by atoms with Crippen LogP contribution in [0.25, 0.3) is 0 Å². The molecular formula is C18H31N3O3S. The molecule has 3 saturated heterocycles. The van der Waals surface area contributed by atoms with Crippen LogP contribution in [0.1, 0.15) is 38.5 Å². The molecule has 25 heavy (non-hydrogen) atoms. The fraction of sp³-hybridized carbons (Fsp3) is 0.944. The Morgan fingerprint density at radius 1 is 1.08 bits per heavy atom. The Morgan fingerprint density at radius 2 is 1.88 bits per heavy atom. The van der Waals surface area contributed by atoms with E-state index in [1.165, 1.54) is 19.3 Å². The summed E-state index contributed by atoms with van der Waals surface area (Å²) < 4.78 is 28.9. The highest BCUT2D eigenvalue weighted by molar-refractivity contribution is 7.91. The van der Waals surface area contributed by atoms with Gasteiger partial charge in [0.2, 0.25) is 0 Å². The van der Waals surface area contributed by atoms with Gasteiger partial charge >= 0.3 is 0 Å². The summed E-state index contributed by atoms with van der Waals surface area (Å²) in [6, 6.07) is 0.430. The number of likely N-dealkylation sites (tertiary alicyclic amines) is 1. The molecule has 0 amide bonds. The summed E-state index contributed by atoms with van der Waals surface area (Å²) in [5, 5.41) is 3.67. The van der Waals surface area contributed by atoms with Crippen molar-refractivity contribution < 1.29 is 13.2 Å². The Morgan fingerprint density at radius 3 is 2.56 bits per heavy atom. The number of aliphatic imine (C=N–C) groups is 1. The lowest BCUT2D eigenvalue weighted by Crippen LogP contribution is -2.47. The van der Waals surface area contributed by atoms with Crippen molar-refractivity contribution in [2.75, 3.05) is 44.4 Å². The summed E-state index contributed by atoms with van der Waals surface area (Å²) in [6.45, 7) is 4.46. The molecule has 6 nitrogen and oxygen atoms in total. The minimum atomic E-state index is -2.82. The van der Waals surface area contributed by atoms with Crippen LogP contribution in [0.3, 0.4) is 0 Å². The van der Waals surface area contributed by atoms with Gasteiger partial charge in [-0.2, -0.15) is 0 Å². The van der Waals surface area contributed by atoms with E-state index < -0.39 is 9.84 Å². The Hall–Kier alpha value is -0.820. The van der Waals surface area contributed by atoms with Crippen molar-refractivity contribution in [2.24, 2.45) is 22.7 Å². The smallest absolute Gasteiger partial charge is 0.194 e. The molecule has 3 aliphatic heterocycles. The average molecular weight is 370 g/mol. The summed E-state index contributed by atoms with van der Waals surface area (Å²) >= 11 is 0. The molecular weight excluding hydrogens is 338 g/mol. The normalized spacial score (nSPS) is 33.8. The van der Waals surface area contributed by atoms with Gasteiger partial charge < -0.3 is 15.0 Å². The number of sulfone groups is 1. The second-order valence-corrected chi connectivity index (χ2v) is 10.5. The first-order valence-electron chi connectivity index (χ1n) is 9.93. The minimum absolute atomic E-state index is 0.193. The Labute approximate surface area is 151 Å². The molecule has 1 N–H and O–H groups in total. The standard InChI is InChI=1S/C18H31N3O3S/c22-25(23)10-6-14(13-25)11-19-18(20-17-4-8-24-9-5-17)21-7-3-16(12-21)15-1-2-15/h14-17H,1-13H2,(H,19,20). The van der Waals surface area contributed by atoms with Gasteiger partial charge in [-0.15, -0.1) is 0 Å². The highest BCUT2D eigenvalue weighted by Gasteiger charge is 2.37. The van der Waals surface area contributed by atoms with Crippen LogP contribution in [-0.2, 0) is 14.6 Å². The van der Waals surface area contributed by atoms with E-state index in [4.69, 9.17) is 9.73 Å². The molecule has 2 unspecified atom stereocenters. The van der Waals surface area contributed by atoms with E-state index in [-0.39, 0.29) is 5.92 Å². The van der Waals surface area contributed by atoms with Gasteiger partial charge in [0.15, 0.2) is 15.8 Å². The third-order valence-corrected chi connectivity index (χ3v) is 8.03. The molecule has 7 heteroatoms. The van der Waals surface area contributed by atoms with Gasteiger partial charge in [0.25, 0.3) is 0 Å². The van der Waals surface area contributed by atoms with Gasteiger partial charge in [-0.05, 0) is 56.3 Å². The van der Waals surface area contributed by atoms with Crippen LogP contribution in [0.2, 0.25) is 0 Å². The van der Waals surface area contributed by atoms with Crippen molar-refractivity contribution in [3.63, 3.8) is 0 Å². The summed E-state index contributed by atoms with van der Waals surface area (Å²) in [5.41, 5.74) is 0. The van der Waals surface area contributed by atoms with Crippen LogP contribution in [-0.4, -0.2) is 69.7 Å². The largest absolute Gasteiger partial charge is 0.381 e. The zero-order chi connectivity index (χ0) is 17.3. The molecule has 4 aliphatic rings. The monoisotopic (exact) mass is 369 g/mol. The number of nitrogens with zero attached hydrogens (tertiary/aromatic N) is 2. The zero-order valence-electron chi connectivity index (χ0n) is 15.0. The van der Waals surface area contributed by atoms with E-state index >= 15 is 0 Å². The molecule has 0 bridgehead atoms. The number of rotatable bonds is 4. The lowest BCUT2D eigenvalue weighted by Gasteiger charge is -2.29. The lowest BCUT2D eigenvalue weighted by atomic mass is 10.0. The third kappa shape index (κ3) is 4.67. The summed E-state index contributed by atoms with van der Waals surface area (Å²) in [5.74, 6) is 3.62. The average Bonchev–Trinajstić information content (AvgIpc) is 3.23. The van der Waals surface area contributed by atoms with E-state index in [0.29, 0.717) is 24.1 Å². The highest BCUT2D eigenvalue weighted by Crippen LogP contribution is 2.41. The molecule has 2 atom stereocenters. The minimum Gasteiger partial charge on any atom is -0.381 e. The van der Waals surface area contributed by atoms with Crippen LogP contribution in [0, 0.1) is 17.8 Å². The van der Waals surface area contributed by atoms with Gasteiger partial charge in [-0.3, -0.25) is 4.99 Å². The Kier molecular flexibility index (Phi) is 5.23. The van der Waals surface area contributed by atoms with Crippen molar-refractivity contribution in [1.82, 2.24) is 10.2 Å². The number of ether oxygens (including phenoxy) is 1. The highest BCUT2D eigenvalue weighted by atomic mass is 32.2. The summed E-state index contributed by atoms with van der Waals surface area (Å²) in [4.78, 5) is 7.31. The van der Waals surface area contributed by atoms with Crippen molar-refractivity contribution in [3.05, 3.63) is 0 Å². The molecule has 0 aromatic carbocycles. The predicted octanol–water partition coefficient (Wildman–Crippen LogP) is 1.28. The molecule has 0 aromatic rings.